The maximum atomic E-state index is 4.43. The van der Waals surface area contributed by atoms with Gasteiger partial charge in [-0.25, -0.2) is 0 Å². The summed E-state index contributed by atoms with van der Waals surface area (Å²) >= 11 is 0. The molecule has 0 radical (unpaired) electrons. The van der Waals surface area contributed by atoms with Gasteiger partial charge in [0.2, 0.25) is 5.84 Å². The van der Waals surface area contributed by atoms with E-state index in [1.807, 2.05) is 0 Å². The van der Waals surface area contributed by atoms with Crippen molar-refractivity contribution in [1.29, 1.82) is 0 Å². The molecule has 2 unspecified atom stereocenters. The van der Waals surface area contributed by atoms with Gasteiger partial charge in [-0.05, 0) is 13.8 Å². The minimum absolute atomic E-state index is 0.526. The van der Waals surface area contributed by atoms with Crippen LogP contribution in [0, 0.1) is 0 Å². The molecule has 0 aromatic carbocycles. The fourth-order valence-corrected chi connectivity index (χ4v) is 1.85. The highest BCUT2D eigenvalue weighted by Gasteiger charge is 2.21. The minimum Gasteiger partial charge on any atom is -0.370 e. The molecule has 2 aliphatic heterocycles. The van der Waals surface area contributed by atoms with E-state index in [0.717, 1.165) is 31.8 Å². The van der Waals surface area contributed by atoms with E-state index in [2.05, 4.69) is 34.5 Å². The molecule has 78 valence electrons. The number of hydrogen-bond acceptors (Lipinski definition) is 3. The maximum absolute atomic E-state index is 4.43. The fourth-order valence-electron chi connectivity index (χ4n) is 1.85. The fraction of sp³-hybridized carbons (Fsp3) is 0.800. The van der Waals surface area contributed by atoms with E-state index in [0.29, 0.717) is 12.1 Å². The third-order valence-electron chi connectivity index (χ3n) is 2.62. The summed E-state index contributed by atoms with van der Waals surface area (Å²) in [6.45, 7) is 6.33. The Balaban J connectivity index is 1.73. The number of amidine groups is 2. The normalized spacial score (nSPS) is 30.7. The van der Waals surface area contributed by atoms with Crippen LogP contribution in [0.1, 0.15) is 26.7 Å². The van der Waals surface area contributed by atoms with Crippen molar-refractivity contribution in [3.05, 3.63) is 0 Å². The largest absolute Gasteiger partial charge is 0.370 e. The highest BCUT2D eigenvalue weighted by atomic mass is 15.1. The van der Waals surface area contributed by atoms with Crippen molar-refractivity contribution in [2.75, 3.05) is 13.1 Å². The molecule has 0 aromatic heterocycles. The van der Waals surface area contributed by atoms with Crippen molar-refractivity contribution in [3.63, 3.8) is 0 Å². The number of nitrogens with zero attached hydrogens (tertiary/aromatic N) is 1. The quantitative estimate of drug-likeness (QED) is 0.520. The van der Waals surface area contributed by atoms with E-state index < -0.39 is 0 Å². The zero-order chi connectivity index (χ0) is 9.97. The van der Waals surface area contributed by atoms with Gasteiger partial charge >= 0.3 is 0 Å². The Morgan fingerprint density at radius 2 is 2.14 bits per heavy atom. The molecular weight excluding hydrogens is 176 g/mol. The number of hydrogen-bond donors (Lipinski definition) is 3. The van der Waals surface area contributed by atoms with Gasteiger partial charge in [0.25, 0.3) is 0 Å². The topological polar surface area (TPSA) is 50.4 Å². The Morgan fingerprint density at radius 1 is 1.29 bits per heavy atom. The minimum atomic E-state index is 0.526. The Kier molecular flexibility index (Phi) is 2.70. The van der Waals surface area contributed by atoms with Gasteiger partial charge in [0, 0.05) is 12.5 Å². The first-order valence-corrected chi connectivity index (χ1v) is 5.40. The van der Waals surface area contributed by atoms with Crippen LogP contribution in [0.4, 0.5) is 0 Å². The summed E-state index contributed by atoms with van der Waals surface area (Å²) in [6, 6.07) is 1.10. The Hall–Kier alpha value is -1.06. The third kappa shape index (κ3) is 2.25. The van der Waals surface area contributed by atoms with Gasteiger partial charge in [-0.15, -0.1) is 0 Å². The first-order chi connectivity index (χ1) is 6.74. The maximum Gasteiger partial charge on any atom is 0.243 e. The molecule has 2 rings (SSSR count). The smallest absolute Gasteiger partial charge is 0.243 e. The lowest BCUT2D eigenvalue weighted by Crippen LogP contribution is -2.71. The Labute approximate surface area is 84.9 Å². The Bertz CT molecular complexity index is 241. The van der Waals surface area contributed by atoms with Crippen molar-refractivity contribution < 1.29 is 4.99 Å². The molecule has 3 N–H and O–H groups in total. The van der Waals surface area contributed by atoms with E-state index in [9.17, 15) is 0 Å². The average Bonchev–Trinajstić information content (AvgIpc) is 2.72. The van der Waals surface area contributed by atoms with E-state index in [-0.39, 0.29) is 0 Å². The molecule has 2 aliphatic rings. The van der Waals surface area contributed by atoms with Gasteiger partial charge in [0.1, 0.15) is 12.6 Å². The summed E-state index contributed by atoms with van der Waals surface area (Å²) in [5.41, 5.74) is 0. The highest BCUT2D eigenvalue weighted by molar-refractivity contribution is 5.88. The molecule has 2 heterocycles. The lowest BCUT2D eigenvalue weighted by molar-refractivity contribution is -0.449. The van der Waals surface area contributed by atoms with Crippen molar-refractivity contribution >= 4 is 11.7 Å². The first-order valence-electron chi connectivity index (χ1n) is 5.40. The second-order valence-electron chi connectivity index (χ2n) is 4.24. The molecule has 2 atom stereocenters. The zero-order valence-electron chi connectivity index (χ0n) is 8.93. The average molecular weight is 195 g/mol. The first kappa shape index (κ1) is 9.49. The van der Waals surface area contributed by atoms with Gasteiger partial charge in [-0.1, -0.05) is 0 Å². The summed E-state index contributed by atoms with van der Waals surface area (Å²) < 4.78 is 0. The molecule has 0 saturated heterocycles. The van der Waals surface area contributed by atoms with Crippen molar-refractivity contribution in [2.24, 2.45) is 4.99 Å². The molecule has 14 heavy (non-hydrogen) atoms. The number of nitrogens with one attached hydrogen (secondary N) is 3. The van der Waals surface area contributed by atoms with Crippen molar-refractivity contribution in [1.82, 2.24) is 10.6 Å². The third-order valence-corrected chi connectivity index (χ3v) is 2.62. The highest BCUT2D eigenvalue weighted by Crippen LogP contribution is 2.00. The van der Waals surface area contributed by atoms with Gasteiger partial charge < -0.3 is 5.32 Å². The van der Waals surface area contributed by atoms with Gasteiger partial charge in [-0.2, -0.15) is 0 Å². The molecule has 0 fully saturated rings. The molecule has 4 heteroatoms. The summed E-state index contributed by atoms with van der Waals surface area (Å²) in [6.07, 6.45) is 2.06. The summed E-state index contributed by atoms with van der Waals surface area (Å²) in [4.78, 5) is 7.80. The second kappa shape index (κ2) is 3.98. The molecule has 0 aromatic rings. The van der Waals surface area contributed by atoms with Crippen LogP contribution in [-0.4, -0.2) is 36.8 Å². The molecule has 0 amide bonds. The lowest BCUT2D eigenvalue weighted by Gasteiger charge is -2.04. The van der Waals surface area contributed by atoms with Gasteiger partial charge in [0.15, 0.2) is 0 Å². The summed E-state index contributed by atoms with van der Waals surface area (Å²) in [7, 11) is 0. The van der Waals surface area contributed by atoms with E-state index in [1.165, 1.54) is 5.84 Å². The Morgan fingerprint density at radius 3 is 2.71 bits per heavy atom. The van der Waals surface area contributed by atoms with Crippen LogP contribution in [-0.2, 0) is 0 Å². The van der Waals surface area contributed by atoms with E-state index in [4.69, 9.17) is 0 Å². The molecule has 0 bridgehead atoms. The predicted octanol–water partition coefficient (Wildman–Crippen LogP) is -1.37. The van der Waals surface area contributed by atoms with Crippen LogP contribution in [0.3, 0.4) is 0 Å². The number of aliphatic imine (C=N–C) groups is 1. The van der Waals surface area contributed by atoms with E-state index >= 15 is 0 Å². The molecule has 0 spiro atoms. The van der Waals surface area contributed by atoms with Crippen LogP contribution in [0.25, 0.3) is 0 Å². The van der Waals surface area contributed by atoms with Crippen LogP contribution in [0.2, 0.25) is 0 Å². The molecule has 0 aliphatic carbocycles. The zero-order valence-corrected chi connectivity index (χ0v) is 8.93. The van der Waals surface area contributed by atoms with Crippen molar-refractivity contribution in [2.45, 2.75) is 38.8 Å². The second-order valence-corrected chi connectivity index (χ2v) is 4.24. The van der Waals surface area contributed by atoms with Gasteiger partial charge in [0.05, 0.1) is 18.8 Å². The predicted molar refractivity (Wildman–Crippen MR) is 57.6 cm³/mol. The van der Waals surface area contributed by atoms with E-state index in [1.54, 1.807) is 0 Å². The van der Waals surface area contributed by atoms with Crippen LogP contribution < -0.4 is 15.6 Å². The standard InChI is InChI=1S/C10H18N4/c1-7-5-11-9(13-7)3-4-10-12-6-8(2)14-10/h7-8H,3-6H2,1-2H3,(H,11,13)(H,12,14)/p+1. The van der Waals surface area contributed by atoms with Crippen LogP contribution in [0.15, 0.2) is 4.99 Å². The van der Waals surface area contributed by atoms with Crippen molar-refractivity contribution in [3.8, 4) is 0 Å². The molecule has 4 nitrogen and oxygen atoms in total. The molecule has 0 saturated carbocycles. The summed E-state index contributed by atoms with van der Waals surface area (Å²) in [5.74, 6) is 2.43. The van der Waals surface area contributed by atoms with Gasteiger partial charge in [-0.3, -0.25) is 15.3 Å². The van der Waals surface area contributed by atoms with Crippen LogP contribution >= 0.6 is 0 Å². The summed E-state index contributed by atoms with van der Waals surface area (Å²) in [5, 5.41) is 6.78. The SMILES string of the molecule is CC1CN=C(CCC2=[NH+]CC(C)N2)N1. The number of rotatable bonds is 3. The van der Waals surface area contributed by atoms with Crippen LogP contribution in [0.5, 0.6) is 0 Å². The molecular formula is C10H19N4+. The monoisotopic (exact) mass is 195 g/mol. The lowest BCUT2D eigenvalue weighted by atomic mass is 10.2.